The number of aliphatic hydroxyl groups is 1. The summed E-state index contributed by atoms with van der Waals surface area (Å²) in [5.74, 6) is 0. The minimum Gasteiger partial charge on any atom is -0.392 e. The van der Waals surface area contributed by atoms with Crippen molar-refractivity contribution in [1.82, 2.24) is 5.32 Å². The highest BCUT2D eigenvalue weighted by molar-refractivity contribution is 5.23. The highest BCUT2D eigenvalue weighted by Crippen LogP contribution is 2.37. The SMILES string of the molecule is CC1(C)CC(NCc2cccc(CO)c2)C(C)(C)O1. The topological polar surface area (TPSA) is 41.5 Å². The van der Waals surface area contributed by atoms with E-state index in [4.69, 9.17) is 9.84 Å². The molecule has 1 fully saturated rings. The van der Waals surface area contributed by atoms with E-state index in [1.807, 2.05) is 18.2 Å². The summed E-state index contributed by atoms with van der Waals surface area (Å²) in [6.07, 6.45) is 1.01. The van der Waals surface area contributed by atoms with Crippen molar-refractivity contribution in [1.29, 1.82) is 0 Å². The van der Waals surface area contributed by atoms with Crippen LogP contribution in [0.1, 0.15) is 45.2 Å². The molecular formula is C16H25NO2. The minimum absolute atomic E-state index is 0.0614. The highest BCUT2D eigenvalue weighted by Gasteiger charge is 2.45. The maximum Gasteiger partial charge on any atom is 0.0787 e. The molecule has 106 valence electrons. The Labute approximate surface area is 116 Å². The number of nitrogens with one attached hydrogen (secondary N) is 1. The molecule has 0 amide bonds. The summed E-state index contributed by atoms with van der Waals surface area (Å²) in [6, 6.07) is 8.40. The van der Waals surface area contributed by atoms with Gasteiger partial charge in [-0.15, -0.1) is 0 Å². The number of aliphatic hydroxyl groups excluding tert-OH is 1. The molecule has 1 heterocycles. The van der Waals surface area contributed by atoms with E-state index in [-0.39, 0.29) is 17.8 Å². The van der Waals surface area contributed by atoms with Crippen molar-refractivity contribution in [3.63, 3.8) is 0 Å². The van der Waals surface area contributed by atoms with Gasteiger partial charge in [-0.05, 0) is 45.2 Å². The smallest absolute Gasteiger partial charge is 0.0787 e. The van der Waals surface area contributed by atoms with Crippen LogP contribution in [0.4, 0.5) is 0 Å². The van der Waals surface area contributed by atoms with Gasteiger partial charge < -0.3 is 15.2 Å². The fourth-order valence-electron chi connectivity index (χ4n) is 2.96. The maximum atomic E-state index is 9.15. The second-order valence-electron chi connectivity index (χ2n) is 6.58. The first-order valence-electron chi connectivity index (χ1n) is 6.95. The molecule has 1 aliphatic heterocycles. The van der Waals surface area contributed by atoms with Gasteiger partial charge >= 0.3 is 0 Å². The Morgan fingerprint density at radius 3 is 2.53 bits per heavy atom. The molecule has 0 aromatic heterocycles. The van der Waals surface area contributed by atoms with Crippen molar-refractivity contribution in [2.24, 2.45) is 0 Å². The van der Waals surface area contributed by atoms with Crippen molar-refractivity contribution in [3.05, 3.63) is 35.4 Å². The van der Waals surface area contributed by atoms with Gasteiger partial charge in [0.1, 0.15) is 0 Å². The zero-order valence-electron chi connectivity index (χ0n) is 12.4. The molecule has 0 aliphatic carbocycles. The first-order chi connectivity index (χ1) is 8.82. The fraction of sp³-hybridized carbons (Fsp3) is 0.625. The summed E-state index contributed by atoms with van der Waals surface area (Å²) in [4.78, 5) is 0. The van der Waals surface area contributed by atoms with Crippen molar-refractivity contribution in [3.8, 4) is 0 Å². The largest absolute Gasteiger partial charge is 0.392 e. The van der Waals surface area contributed by atoms with Crippen LogP contribution < -0.4 is 5.32 Å². The molecule has 1 aromatic rings. The van der Waals surface area contributed by atoms with Gasteiger partial charge in [0.2, 0.25) is 0 Å². The van der Waals surface area contributed by atoms with E-state index >= 15 is 0 Å². The second kappa shape index (κ2) is 5.23. The lowest BCUT2D eigenvalue weighted by Crippen LogP contribution is -2.42. The van der Waals surface area contributed by atoms with Gasteiger partial charge in [-0.2, -0.15) is 0 Å². The van der Waals surface area contributed by atoms with Gasteiger partial charge in [-0.1, -0.05) is 24.3 Å². The number of hydrogen-bond acceptors (Lipinski definition) is 3. The molecule has 1 saturated heterocycles. The standard InChI is InChI=1S/C16H25NO2/c1-15(2)9-14(16(3,4)19-15)17-10-12-6-5-7-13(8-12)11-18/h5-8,14,17-18H,9-11H2,1-4H3. The summed E-state index contributed by atoms with van der Waals surface area (Å²) in [6.45, 7) is 9.47. The Balaban J connectivity index is 1.98. The predicted octanol–water partition coefficient (Wildman–Crippen LogP) is 2.61. The second-order valence-corrected chi connectivity index (χ2v) is 6.58. The predicted molar refractivity (Wildman–Crippen MR) is 76.9 cm³/mol. The molecule has 1 atom stereocenters. The lowest BCUT2D eigenvalue weighted by molar-refractivity contribution is -0.0699. The van der Waals surface area contributed by atoms with Gasteiger partial charge in [0.25, 0.3) is 0 Å². The van der Waals surface area contributed by atoms with Gasteiger partial charge in [0.05, 0.1) is 17.8 Å². The Morgan fingerprint density at radius 1 is 1.26 bits per heavy atom. The molecule has 0 bridgehead atoms. The van der Waals surface area contributed by atoms with Crippen LogP contribution in [0.5, 0.6) is 0 Å². The zero-order chi connectivity index (χ0) is 14.1. The van der Waals surface area contributed by atoms with Gasteiger partial charge in [-0.25, -0.2) is 0 Å². The van der Waals surface area contributed by atoms with Crippen LogP contribution in [0.15, 0.2) is 24.3 Å². The molecule has 1 unspecified atom stereocenters. The Hall–Kier alpha value is -0.900. The van der Waals surface area contributed by atoms with Crippen LogP contribution in [0.2, 0.25) is 0 Å². The normalized spacial score (nSPS) is 24.6. The molecule has 3 heteroatoms. The molecule has 0 saturated carbocycles. The third-order valence-corrected chi connectivity index (χ3v) is 3.80. The monoisotopic (exact) mass is 263 g/mol. The summed E-state index contributed by atoms with van der Waals surface area (Å²) < 4.78 is 6.08. The van der Waals surface area contributed by atoms with Crippen LogP contribution in [-0.2, 0) is 17.9 Å². The van der Waals surface area contributed by atoms with Crippen LogP contribution in [0, 0.1) is 0 Å². The molecule has 2 N–H and O–H groups in total. The Kier molecular flexibility index (Phi) is 4.00. The summed E-state index contributed by atoms with van der Waals surface area (Å²) in [5, 5.41) is 12.7. The zero-order valence-corrected chi connectivity index (χ0v) is 12.4. The summed E-state index contributed by atoms with van der Waals surface area (Å²) in [7, 11) is 0. The van der Waals surface area contributed by atoms with E-state index in [1.165, 1.54) is 5.56 Å². The van der Waals surface area contributed by atoms with E-state index in [0.717, 1.165) is 18.5 Å². The van der Waals surface area contributed by atoms with Crippen LogP contribution in [0.25, 0.3) is 0 Å². The molecule has 0 spiro atoms. The van der Waals surface area contributed by atoms with Gasteiger partial charge in [-0.3, -0.25) is 0 Å². The molecular weight excluding hydrogens is 238 g/mol. The third-order valence-electron chi connectivity index (χ3n) is 3.80. The lowest BCUT2D eigenvalue weighted by Gasteiger charge is -2.28. The average Bonchev–Trinajstić information content (AvgIpc) is 2.54. The lowest BCUT2D eigenvalue weighted by atomic mass is 9.94. The van der Waals surface area contributed by atoms with E-state index in [2.05, 4.69) is 39.1 Å². The molecule has 19 heavy (non-hydrogen) atoms. The Bertz CT molecular complexity index is 440. The van der Waals surface area contributed by atoms with Crippen molar-refractivity contribution < 1.29 is 9.84 Å². The molecule has 1 aliphatic rings. The summed E-state index contributed by atoms with van der Waals surface area (Å²) in [5.41, 5.74) is 1.96. The third kappa shape index (κ3) is 3.56. The highest BCUT2D eigenvalue weighted by atomic mass is 16.5. The first kappa shape index (κ1) is 14.5. The van der Waals surface area contributed by atoms with Crippen molar-refractivity contribution >= 4 is 0 Å². The van der Waals surface area contributed by atoms with Crippen LogP contribution >= 0.6 is 0 Å². The quantitative estimate of drug-likeness (QED) is 0.877. The fourth-order valence-corrected chi connectivity index (χ4v) is 2.96. The van der Waals surface area contributed by atoms with Gasteiger partial charge in [0, 0.05) is 12.6 Å². The van der Waals surface area contributed by atoms with Crippen LogP contribution in [-0.4, -0.2) is 22.4 Å². The molecule has 3 nitrogen and oxygen atoms in total. The Morgan fingerprint density at radius 2 is 1.95 bits per heavy atom. The number of ether oxygens (including phenoxy) is 1. The number of rotatable bonds is 4. The number of hydrogen-bond donors (Lipinski definition) is 2. The van der Waals surface area contributed by atoms with Crippen molar-refractivity contribution in [2.75, 3.05) is 0 Å². The van der Waals surface area contributed by atoms with E-state index in [1.54, 1.807) is 0 Å². The average molecular weight is 263 g/mol. The first-order valence-corrected chi connectivity index (χ1v) is 6.95. The summed E-state index contributed by atoms with van der Waals surface area (Å²) >= 11 is 0. The maximum absolute atomic E-state index is 9.15. The van der Waals surface area contributed by atoms with Crippen molar-refractivity contribution in [2.45, 2.75) is 64.5 Å². The minimum atomic E-state index is -0.141. The van der Waals surface area contributed by atoms with E-state index in [0.29, 0.717) is 6.04 Å². The van der Waals surface area contributed by atoms with E-state index < -0.39 is 0 Å². The van der Waals surface area contributed by atoms with Gasteiger partial charge in [0.15, 0.2) is 0 Å². The van der Waals surface area contributed by atoms with E-state index in [9.17, 15) is 0 Å². The van der Waals surface area contributed by atoms with Crippen LogP contribution in [0.3, 0.4) is 0 Å². The molecule has 0 radical (unpaired) electrons. The number of benzene rings is 1. The molecule has 2 rings (SSSR count). The molecule has 1 aromatic carbocycles.